The fourth-order valence-corrected chi connectivity index (χ4v) is 6.78. The van der Waals surface area contributed by atoms with Crippen molar-refractivity contribution in [3.63, 3.8) is 0 Å². The van der Waals surface area contributed by atoms with Gasteiger partial charge in [-0.15, -0.1) is 0 Å². The molecule has 6 aromatic rings. The van der Waals surface area contributed by atoms with Gasteiger partial charge in [0.25, 0.3) is 0 Å². The minimum absolute atomic E-state index is 0.0530. The second-order valence-electron chi connectivity index (χ2n) is 12.2. The summed E-state index contributed by atoms with van der Waals surface area (Å²) in [5.41, 5.74) is 8.93. The van der Waals surface area contributed by atoms with Crippen LogP contribution in [-0.2, 0) is 31.8 Å². The Morgan fingerprint density at radius 3 is 2.42 bits per heavy atom. The van der Waals surface area contributed by atoms with Crippen molar-refractivity contribution in [1.82, 2.24) is 23.8 Å². The monoisotopic (exact) mass is 747 g/mol. The number of hydrogen-bond acceptors (Lipinski definition) is 4. The molecule has 7 nitrogen and oxygen atoms in total. The van der Waals surface area contributed by atoms with Gasteiger partial charge in [0.05, 0.1) is 0 Å². The quantitative estimate of drug-likeness (QED) is 0.173. The molecule has 3 aromatic heterocycles. The van der Waals surface area contributed by atoms with E-state index < -0.39 is 0 Å². The van der Waals surface area contributed by atoms with Crippen LogP contribution in [0, 0.1) is 10.7 Å². The number of imidazole rings is 1. The van der Waals surface area contributed by atoms with E-state index in [0.29, 0.717) is 0 Å². The van der Waals surface area contributed by atoms with E-state index in [9.17, 15) is 0 Å². The molecule has 0 aliphatic carbocycles. The minimum Gasteiger partial charge on any atom is -0.192 e. The zero-order chi connectivity index (χ0) is 30.0. The molecule has 0 atom stereocenters. The SMILES string of the molecule is CB1N(c2cc(C)ccn2)c2cc(Oc3cc(-n4[c](=[Pt])n(C)c5ccccc54)cc(C(C)(C)C)c3)ccc2-c2ccnn21. The second-order valence-corrected chi connectivity index (χ2v) is 13.2. The van der Waals surface area contributed by atoms with Crippen molar-refractivity contribution in [3.05, 3.63) is 106 Å². The molecule has 218 valence electrons. The first-order valence-electron chi connectivity index (χ1n) is 14.5. The number of pyridine rings is 1. The first kappa shape index (κ1) is 27.7. The molecular formula is C34H33BN6OPt. The van der Waals surface area contributed by atoms with Crippen LogP contribution in [-0.4, -0.2) is 30.8 Å². The molecule has 1 aliphatic rings. The first-order valence-corrected chi connectivity index (χ1v) is 15.6. The number of ether oxygens (including phenoxy) is 1. The number of para-hydroxylation sites is 2. The van der Waals surface area contributed by atoms with Crippen LogP contribution < -0.4 is 9.55 Å². The van der Waals surface area contributed by atoms with Crippen molar-refractivity contribution in [3.8, 4) is 28.4 Å². The molecule has 0 bridgehead atoms. The van der Waals surface area contributed by atoms with Crippen molar-refractivity contribution in [2.45, 2.75) is 39.9 Å². The Morgan fingerprint density at radius 2 is 1.65 bits per heavy atom. The maximum atomic E-state index is 6.72. The van der Waals surface area contributed by atoms with Crippen LogP contribution in [0.2, 0.25) is 6.82 Å². The van der Waals surface area contributed by atoms with E-state index in [1.165, 1.54) is 11.1 Å². The van der Waals surface area contributed by atoms with E-state index >= 15 is 0 Å². The molecule has 3 aromatic carbocycles. The van der Waals surface area contributed by atoms with Gasteiger partial charge in [0, 0.05) is 12.4 Å². The van der Waals surface area contributed by atoms with Gasteiger partial charge in [-0.25, -0.2) is 0 Å². The fraction of sp³-hybridized carbons (Fsp3) is 0.206. The van der Waals surface area contributed by atoms with Gasteiger partial charge in [0.1, 0.15) is 0 Å². The smallest absolute Gasteiger partial charge is 0.192 e. The van der Waals surface area contributed by atoms with Gasteiger partial charge in [-0.05, 0) is 18.6 Å². The molecule has 0 unspecified atom stereocenters. The number of nitrogens with zero attached hydrogens (tertiary/aromatic N) is 6. The molecule has 1 aliphatic heterocycles. The van der Waals surface area contributed by atoms with Crippen molar-refractivity contribution in [2.75, 3.05) is 4.81 Å². The zero-order valence-corrected chi connectivity index (χ0v) is 27.4. The van der Waals surface area contributed by atoms with Crippen molar-refractivity contribution in [1.29, 1.82) is 0 Å². The third-order valence-electron chi connectivity index (χ3n) is 8.21. The van der Waals surface area contributed by atoms with Gasteiger partial charge in [0.2, 0.25) is 0 Å². The molecule has 4 heterocycles. The number of rotatable bonds is 4. The summed E-state index contributed by atoms with van der Waals surface area (Å²) in [5, 5.41) is 4.64. The summed E-state index contributed by atoms with van der Waals surface area (Å²) < 4.78 is 14.4. The average Bonchev–Trinajstić information content (AvgIpc) is 3.56. The summed E-state index contributed by atoms with van der Waals surface area (Å²) in [6.45, 7) is 10.9. The Labute approximate surface area is 262 Å². The Bertz CT molecular complexity index is 2090. The van der Waals surface area contributed by atoms with Crippen LogP contribution in [0.1, 0.15) is 31.9 Å². The van der Waals surface area contributed by atoms with Gasteiger partial charge >= 0.3 is 228 Å². The van der Waals surface area contributed by atoms with Crippen LogP contribution in [0.3, 0.4) is 0 Å². The summed E-state index contributed by atoms with van der Waals surface area (Å²) in [7, 11) is 2.11. The number of aromatic nitrogens is 5. The van der Waals surface area contributed by atoms with Gasteiger partial charge < -0.3 is 0 Å². The first-order chi connectivity index (χ1) is 20.6. The van der Waals surface area contributed by atoms with E-state index in [1.54, 1.807) is 0 Å². The predicted molar refractivity (Wildman–Crippen MR) is 170 cm³/mol. The number of aryl methyl sites for hydroxylation is 2. The van der Waals surface area contributed by atoms with Crippen molar-refractivity contribution < 1.29 is 24.1 Å². The molecule has 7 rings (SSSR count). The summed E-state index contributed by atoms with van der Waals surface area (Å²) in [5.74, 6) is 2.45. The number of fused-ring (bicyclic) bond motifs is 4. The fourth-order valence-electron chi connectivity index (χ4n) is 5.94. The van der Waals surface area contributed by atoms with Crippen molar-refractivity contribution in [2.24, 2.45) is 7.05 Å². The van der Waals surface area contributed by atoms with Crippen molar-refractivity contribution >= 4 is 29.5 Å². The normalized spacial score (nSPS) is 12.9. The van der Waals surface area contributed by atoms with Gasteiger partial charge in [-0.1, -0.05) is 0 Å². The molecule has 43 heavy (non-hydrogen) atoms. The molecule has 0 saturated heterocycles. The Balaban J connectivity index is 1.36. The Kier molecular flexibility index (Phi) is 6.58. The maximum absolute atomic E-state index is 6.72. The number of benzene rings is 3. The summed E-state index contributed by atoms with van der Waals surface area (Å²) in [6.07, 6.45) is 3.72. The van der Waals surface area contributed by atoms with Crippen LogP contribution in [0.15, 0.2) is 91.3 Å². The Hall–Kier alpha value is -4.16. The summed E-state index contributed by atoms with van der Waals surface area (Å²) in [6, 6.07) is 27.6. The van der Waals surface area contributed by atoms with E-state index in [-0.39, 0.29) is 12.4 Å². The minimum atomic E-state index is -0.0673. The van der Waals surface area contributed by atoms with Gasteiger partial charge in [-0.3, -0.25) is 0 Å². The topological polar surface area (TPSA) is 53.0 Å². The third-order valence-corrected chi connectivity index (χ3v) is 9.48. The standard InChI is InChI=1S/C34H33BN6O.Pt/c1-23-13-15-36-33(17-23)40-32-21-26(11-12-28(32)29-14-16-37-41(29)35(40)5)42-27-19-24(34(2,3)4)18-25(20-27)39-22-38(6)30-9-7-8-10-31(30)39;/h7-21H,1-6H3;. The Morgan fingerprint density at radius 1 is 0.860 bits per heavy atom. The van der Waals surface area contributed by atoms with E-state index in [0.717, 1.165) is 54.8 Å². The molecule has 0 fully saturated rings. The van der Waals surface area contributed by atoms with Crippen LogP contribution in [0.5, 0.6) is 11.5 Å². The molecule has 9 heteroatoms. The summed E-state index contributed by atoms with van der Waals surface area (Å²) >= 11 is 2.41. The summed E-state index contributed by atoms with van der Waals surface area (Å²) in [4.78, 5) is 6.98. The molecule has 0 N–H and O–H groups in total. The molecule has 0 radical (unpaired) electrons. The number of anilines is 2. The molecule has 0 saturated carbocycles. The predicted octanol–water partition coefficient (Wildman–Crippen LogP) is 7.82. The zero-order valence-electron chi connectivity index (χ0n) is 25.1. The van der Waals surface area contributed by atoms with E-state index in [2.05, 4.69) is 151 Å². The molecule has 0 amide bonds. The average molecular weight is 748 g/mol. The van der Waals surface area contributed by atoms with E-state index in [1.807, 2.05) is 24.5 Å². The van der Waals surface area contributed by atoms with Crippen LogP contribution >= 0.6 is 0 Å². The second kappa shape index (κ2) is 10.2. The van der Waals surface area contributed by atoms with Gasteiger partial charge in [-0.2, -0.15) is 5.10 Å². The van der Waals surface area contributed by atoms with E-state index in [4.69, 9.17) is 9.72 Å². The molecule has 0 spiro atoms. The molecular weight excluding hydrogens is 714 g/mol. The van der Waals surface area contributed by atoms with Crippen LogP contribution in [0.25, 0.3) is 28.0 Å². The third kappa shape index (κ3) is 4.69. The van der Waals surface area contributed by atoms with Crippen LogP contribution in [0.4, 0.5) is 11.5 Å². The van der Waals surface area contributed by atoms with Gasteiger partial charge in [0.15, 0.2) is 0 Å². The number of hydrogen-bond donors (Lipinski definition) is 0.